The summed E-state index contributed by atoms with van der Waals surface area (Å²) in [4.78, 5) is 18.4. The molecule has 1 amide bonds. The maximum absolute atomic E-state index is 14.3. The number of hydrogen-bond acceptors (Lipinski definition) is 5. The molecule has 1 fully saturated rings. The number of likely N-dealkylation sites (tertiary alicyclic amines) is 1. The Morgan fingerprint density at radius 1 is 1.38 bits per heavy atom. The first-order valence-electron chi connectivity index (χ1n) is 9.60. The summed E-state index contributed by atoms with van der Waals surface area (Å²) in [5, 5.41) is 0.185. The lowest BCUT2D eigenvalue weighted by atomic mass is 9.99. The number of nitrogens with zero attached hydrogens (tertiary/aromatic N) is 3. The van der Waals surface area contributed by atoms with Crippen molar-refractivity contribution >= 4 is 23.5 Å². The van der Waals surface area contributed by atoms with Crippen LogP contribution in [0, 0.1) is 12.7 Å². The van der Waals surface area contributed by atoms with Gasteiger partial charge in [0.05, 0.1) is 6.04 Å². The van der Waals surface area contributed by atoms with Gasteiger partial charge < -0.3 is 14.4 Å². The zero-order valence-electron chi connectivity index (χ0n) is 17.1. The third-order valence-corrected chi connectivity index (χ3v) is 5.05. The van der Waals surface area contributed by atoms with Gasteiger partial charge in [0.25, 0.3) is 5.17 Å². The fourth-order valence-corrected chi connectivity index (χ4v) is 3.56. The Morgan fingerprint density at radius 3 is 2.76 bits per heavy atom. The molecule has 0 aliphatic carbocycles. The van der Waals surface area contributed by atoms with Gasteiger partial charge in [0.15, 0.2) is 0 Å². The molecule has 3 rings (SSSR count). The minimum atomic E-state index is -0.630. The van der Waals surface area contributed by atoms with E-state index in [-0.39, 0.29) is 17.0 Å². The predicted octanol–water partition coefficient (Wildman–Crippen LogP) is 4.62. The van der Waals surface area contributed by atoms with E-state index in [0.717, 1.165) is 6.42 Å². The molecule has 29 heavy (non-hydrogen) atoms. The molecule has 2 aromatic rings. The van der Waals surface area contributed by atoms with Crippen molar-refractivity contribution in [1.29, 1.82) is 0 Å². The van der Waals surface area contributed by atoms with Crippen LogP contribution in [-0.2, 0) is 9.47 Å². The molecule has 0 radical (unpaired) electrons. The molecule has 1 aliphatic rings. The molecule has 0 bridgehead atoms. The van der Waals surface area contributed by atoms with E-state index in [0.29, 0.717) is 24.1 Å². The van der Waals surface area contributed by atoms with Gasteiger partial charge in [-0.05, 0) is 69.9 Å². The summed E-state index contributed by atoms with van der Waals surface area (Å²) >= 11 is 5.41. The summed E-state index contributed by atoms with van der Waals surface area (Å²) in [6.07, 6.45) is 5.27. The second-order valence-corrected chi connectivity index (χ2v) is 8.52. The quantitative estimate of drug-likeness (QED) is 0.680. The number of hydrogen-bond donors (Lipinski definition) is 0. The number of carbonyl (C=O) groups excluding carboxylic acids is 1. The molecule has 1 aromatic carbocycles. The Morgan fingerprint density at radius 2 is 2.14 bits per heavy atom. The van der Waals surface area contributed by atoms with Crippen molar-refractivity contribution in [2.75, 3.05) is 6.54 Å². The van der Waals surface area contributed by atoms with E-state index in [2.05, 4.69) is 4.98 Å². The van der Waals surface area contributed by atoms with Crippen molar-refractivity contribution in [2.45, 2.75) is 58.3 Å². The molecular weight excluding hydrogens is 393 g/mol. The Balaban J connectivity index is 1.91. The zero-order chi connectivity index (χ0) is 21.2. The van der Waals surface area contributed by atoms with Crippen molar-refractivity contribution in [3.05, 3.63) is 53.9 Å². The van der Waals surface area contributed by atoms with Crippen LogP contribution in [0.2, 0.25) is 0 Å². The number of benzene rings is 1. The van der Waals surface area contributed by atoms with Crippen LogP contribution >= 0.6 is 12.2 Å². The van der Waals surface area contributed by atoms with Crippen LogP contribution in [0.1, 0.15) is 50.8 Å². The molecule has 8 heteroatoms. The Bertz CT molecular complexity index is 880. The summed E-state index contributed by atoms with van der Waals surface area (Å²) in [6.45, 7) is 7.73. The van der Waals surface area contributed by atoms with Gasteiger partial charge in [-0.15, -0.1) is 0 Å². The Hall–Kier alpha value is -2.48. The Labute approximate surface area is 175 Å². The van der Waals surface area contributed by atoms with Gasteiger partial charge in [0.1, 0.15) is 23.8 Å². The predicted molar refractivity (Wildman–Crippen MR) is 111 cm³/mol. The standard InChI is InChI=1S/C21H26FN3O3S/c1-14-7-8-15(12-16(14)22)18(27-20(29)24-11-9-23-13-24)17-6-5-10-25(17)19(26)28-21(2,3)4/h7-9,11-13,17-18H,5-6,10H2,1-4H3/t17-,18-/m0/s1. The summed E-state index contributed by atoms with van der Waals surface area (Å²) in [5.74, 6) is -0.327. The van der Waals surface area contributed by atoms with Crippen molar-refractivity contribution in [3.63, 3.8) is 0 Å². The fraction of sp³-hybridized carbons (Fsp3) is 0.476. The van der Waals surface area contributed by atoms with Gasteiger partial charge in [-0.1, -0.05) is 12.1 Å². The molecule has 6 nitrogen and oxygen atoms in total. The van der Waals surface area contributed by atoms with E-state index in [4.69, 9.17) is 21.7 Å². The fourth-order valence-electron chi connectivity index (χ4n) is 3.35. The van der Waals surface area contributed by atoms with Crippen LogP contribution in [-0.4, -0.2) is 43.9 Å². The number of amides is 1. The lowest BCUT2D eigenvalue weighted by Gasteiger charge is -2.33. The number of rotatable bonds is 3. The second-order valence-electron chi connectivity index (χ2n) is 8.17. The van der Waals surface area contributed by atoms with E-state index in [1.165, 1.54) is 12.4 Å². The molecule has 156 valence electrons. The highest BCUT2D eigenvalue weighted by Gasteiger charge is 2.39. The van der Waals surface area contributed by atoms with Crippen molar-refractivity contribution in [2.24, 2.45) is 0 Å². The highest BCUT2D eigenvalue weighted by atomic mass is 32.1. The third-order valence-electron chi connectivity index (χ3n) is 4.74. The maximum Gasteiger partial charge on any atom is 0.410 e. The van der Waals surface area contributed by atoms with Gasteiger partial charge in [0, 0.05) is 18.9 Å². The van der Waals surface area contributed by atoms with Gasteiger partial charge in [-0.25, -0.2) is 14.2 Å². The average molecular weight is 420 g/mol. The van der Waals surface area contributed by atoms with Crippen molar-refractivity contribution < 1.29 is 18.7 Å². The maximum atomic E-state index is 14.3. The van der Waals surface area contributed by atoms with Gasteiger partial charge in [-0.2, -0.15) is 0 Å². The summed E-state index contributed by atoms with van der Waals surface area (Å²) in [6, 6.07) is 4.63. The number of aryl methyl sites for hydroxylation is 1. The summed E-state index contributed by atoms with van der Waals surface area (Å²) in [7, 11) is 0. The van der Waals surface area contributed by atoms with E-state index in [1.54, 1.807) is 34.9 Å². The highest BCUT2D eigenvalue weighted by Crippen LogP contribution is 2.34. The Kier molecular flexibility index (Phi) is 6.21. The van der Waals surface area contributed by atoms with E-state index < -0.39 is 17.8 Å². The first-order chi connectivity index (χ1) is 13.7. The molecular formula is C21H26FN3O3S. The lowest BCUT2D eigenvalue weighted by Crippen LogP contribution is -2.43. The molecule has 1 aromatic heterocycles. The largest absolute Gasteiger partial charge is 0.460 e. The molecule has 0 spiro atoms. The summed E-state index contributed by atoms with van der Waals surface area (Å²) < 4.78 is 27.6. The molecule has 2 heterocycles. The number of aromatic nitrogens is 2. The van der Waals surface area contributed by atoms with Crippen LogP contribution in [0.5, 0.6) is 0 Å². The number of thiocarbonyl (C=S) groups is 1. The minimum Gasteiger partial charge on any atom is -0.460 e. The monoisotopic (exact) mass is 419 g/mol. The van der Waals surface area contributed by atoms with Gasteiger partial charge >= 0.3 is 6.09 Å². The number of imidazole rings is 1. The number of ether oxygens (including phenoxy) is 2. The van der Waals surface area contributed by atoms with E-state index in [1.807, 2.05) is 26.8 Å². The number of halogens is 1. The topological polar surface area (TPSA) is 56.6 Å². The zero-order valence-corrected chi connectivity index (χ0v) is 17.9. The van der Waals surface area contributed by atoms with Crippen LogP contribution < -0.4 is 0 Å². The summed E-state index contributed by atoms with van der Waals surface area (Å²) in [5.41, 5.74) is 0.555. The van der Waals surface area contributed by atoms with Crippen LogP contribution in [0.15, 0.2) is 36.9 Å². The lowest BCUT2D eigenvalue weighted by molar-refractivity contribution is 0.00706. The van der Waals surface area contributed by atoms with Crippen LogP contribution in [0.4, 0.5) is 9.18 Å². The molecule has 1 saturated heterocycles. The van der Waals surface area contributed by atoms with Crippen molar-refractivity contribution in [1.82, 2.24) is 14.5 Å². The average Bonchev–Trinajstić information content (AvgIpc) is 3.32. The van der Waals surface area contributed by atoms with Crippen LogP contribution in [0.3, 0.4) is 0 Å². The van der Waals surface area contributed by atoms with Crippen LogP contribution in [0.25, 0.3) is 0 Å². The molecule has 0 N–H and O–H groups in total. The van der Waals surface area contributed by atoms with E-state index >= 15 is 0 Å². The smallest absolute Gasteiger partial charge is 0.410 e. The number of carbonyl (C=O) groups is 1. The first kappa shape index (κ1) is 21.2. The van der Waals surface area contributed by atoms with Crippen molar-refractivity contribution in [3.8, 4) is 0 Å². The molecule has 2 atom stereocenters. The first-order valence-corrected chi connectivity index (χ1v) is 10.0. The SMILES string of the molecule is Cc1ccc([C@H](OC(=S)n2ccnc2)[C@@H]2CCCN2C(=O)OC(C)(C)C)cc1F. The molecule has 0 saturated carbocycles. The minimum absolute atomic E-state index is 0.185. The highest BCUT2D eigenvalue weighted by molar-refractivity contribution is 7.80. The van der Waals surface area contributed by atoms with Gasteiger partial charge in [-0.3, -0.25) is 4.57 Å². The molecule has 0 unspecified atom stereocenters. The third kappa shape index (κ3) is 5.12. The second kappa shape index (κ2) is 8.49. The molecule has 1 aliphatic heterocycles. The normalized spacial score (nSPS) is 17.8. The van der Waals surface area contributed by atoms with Gasteiger partial charge in [0.2, 0.25) is 0 Å². The van der Waals surface area contributed by atoms with E-state index in [9.17, 15) is 9.18 Å².